The van der Waals surface area contributed by atoms with Crippen LogP contribution in [0.15, 0.2) is 23.1 Å². The van der Waals surface area contributed by atoms with E-state index in [2.05, 4.69) is 58.0 Å². The molecule has 112 valence electrons. The van der Waals surface area contributed by atoms with Gasteiger partial charge < -0.3 is 5.32 Å². The Bertz CT molecular complexity index is 599. The maximum atomic E-state index is 11.8. The first kappa shape index (κ1) is 15.5. The fourth-order valence-corrected chi connectivity index (χ4v) is 2.74. The summed E-state index contributed by atoms with van der Waals surface area (Å²) in [5.41, 5.74) is 2.56. The monoisotopic (exact) mass is 305 g/mol. The van der Waals surface area contributed by atoms with Crippen molar-refractivity contribution in [1.29, 1.82) is 0 Å². The van der Waals surface area contributed by atoms with Crippen LogP contribution in [0.3, 0.4) is 0 Å². The van der Waals surface area contributed by atoms with Gasteiger partial charge >= 0.3 is 0 Å². The van der Waals surface area contributed by atoms with E-state index in [1.54, 1.807) is 11.8 Å². The highest BCUT2D eigenvalue weighted by molar-refractivity contribution is 7.99. The first-order chi connectivity index (χ1) is 10.1. The summed E-state index contributed by atoms with van der Waals surface area (Å²) in [6, 6.07) is 6.12. The molecule has 6 nitrogen and oxygen atoms in total. The second kappa shape index (κ2) is 7.21. The number of thioether (sulfide) groups is 1. The van der Waals surface area contributed by atoms with Crippen molar-refractivity contribution in [3.63, 3.8) is 0 Å². The van der Waals surface area contributed by atoms with E-state index in [1.165, 1.54) is 16.0 Å². The predicted octanol–water partition coefficient (Wildman–Crippen LogP) is 2.18. The molecule has 0 bridgehead atoms. The number of nitrogens with zero attached hydrogens (tertiary/aromatic N) is 3. The molecule has 1 amide bonds. The molecular weight excluding hydrogens is 286 g/mol. The SMILES string of the molecule is Cc1ccc(SCCC(=O)NC(C)c2nn[nH]n2)cc1C. The number of carbonyl (C=O) groups is 1. The Kier molecular flexibility index (Phi) is 5.32. The van der Waals surface area contributed by atoms with E-state index in [1.807, 2.05) is 6.92 Å². The molecule has 0 aliphatic carbocycles. The summed E-state index contributed by atoms with van der Waals surface area (Å²) in [6.45, 7) is 6.02. The molecule has 2 rings (SSSR count). The van der Waals surface area contributed by atoms with Gasteiger partial charge in [-0.25, -0.2) is 0 Å². The summed E-state index contributed by atoms with van der Waals surface area (Å²) in [6.07, 6.45) is 0.458. The number of tetrazole rings is 1. The summed E-state index contributed by atoms with van der Waals surface area (Å²) in [4.78, 5) is 13.0. The van der Waals surface area contributed by atoms with Crippen molar-refractivity contribution >= 4 is 17.7 Å². The van der Waals surface area contributed by atoms with Crippen LogP contribution in [0, 0.1) is 13.8 Å². The van der Waals surface area contributed by atoms with Crippen LogP contribution in [0.4, 0.5) is 0 Å². The average Bonchev–Trinajstić information content (AvgIpc) is 2.97. The smallest absolute Gasteiger partial charge is 0.221 e. The van der Waals surface area contributed by atoms with Crippen molar-refractivity contribution in [1.82, 2.24) is 25.9 Å². The maximum absolute atomic E-state index is 11.8. The lowest BCUT2D eigenvalue weighted by molar-refractivity contribution is -0.121. The molecular formula is C14H19N5OS. The summed E-state index contributed by atoms with van der Waals surface area (Å²) in [7, 11) is 0. The molecule has 1 atom stereocenters. The fraction of sp³-hybridized carbons (Fsp3) is 0.429. The lowest BCUT2D eigenvalue weighted by Gasteiger charge is -2.10. The van der Waals surface area contributed by atoms with Crippen LogP contribution < -0.4 is 5.32 Å². The summed E-state index contributed by atoms with van der Waals surface area (Å²) < 4.78 is 0. The highest BCUT2D eigenvalue weighted by Gasteiger charge is 2.13. The Morgan fingerprint density at radius 3 is 2.86 bits per heavy atom. The van der Waals surface area contributed by atoms with Crippen molar-refractivity contribution in [2.45, 2.75) is 38.1 Å². The van der Waals surface area contributed by atoms with Gasteiger partial charge in [-0.1, -0.05) is 11.3 Å². The van der Waals surface area contributed by atoms with Gasteiger partial charge in [-0.2, -0.15) is 5.21 Å². The van der Waals surface area contributed by atoms with E-state index in [4.69, 9.17) is 0 Å². The highest BCUT2D eigenvalue weighted by atomic mass is 32.2. The van der Waals surface area contributed by atoms with E-state index >= 15 is 0 Å². The number of hydrogen-bond donors (Lipinski definition) is 2. The minimum atomic E-state index is -0.233. The lowest BCUT2D eigenvalue weighted by atomic mass is 10.1. The Hall–Kier alpha value is -1.89. The molecule has 0 aliphatic heterocycles. The Balaban J connectivity index is 1.75. The third-order valence-corrected chi connectivity index (χ3v) is 4.20. The molecule has 1 aromatic carbocycles. The number of aryl methyl sites for hydroxylation is 2. The zero-order valence-corrected chi connectivity index (χ0v) is 13.2. The predicted molar refractivity (Wildman–Crippen MR) is 82.0 cm³/mol. The van der Waals surface area contributed by atoms with E-state index in [0.717, 1.165) is 5.75 Å². The van der Waals surface area contributed by atoms with Crippen molar-refractivity contribution in [2.75, 3.05) is 5.75 Å². The minimum absolute atomic E-state index is 0.0105. The summed E-state index contributed by atoms with van der Waals surface area (Å²) in [5, 5.41) is 16.4. The van der Waals surface area contributed by atoms with Gasteiger partial charge in [0.05, 0.1) is 6.04 Å². The number of hydrogen-bond acceptors (Lipinski definition) is 5. The van der Waals surface area contributed by atoms with Crippen molar-refractivity contribution in [3.8, 4) is 0 Å². The summed E-state index contributed by atoms with van der Waals surface area (Å²) >= 11 is 1.69. The second-order valence-electron chi connectivity index (χ2n) is 4.90. The Morgan fingerprint density at radius 2 is 2.19 bits per heavy atom. The largest absolute Gasteiger partial charge is 0.346 e. The number of carbonyl (C=O) groups excluding carboxylic acids is 1. The molecule has 2 aromatic rings. The number of aromatic nitrogens is 4. The van der Waals surface area contributed by atoms with Crippen LogP contribution in [-0.4, -0.2) is 32.3 Å². The van der Waals surface area contributed by atoms with Crippen molar-refractivity contribution in [2.24, 2.45) is 0 Å². The van der Waals surface area contributed by atoms with E-state index in [0.29, 0.717) is 12.2 Å². The molecule has 0 fully saturated rings. The minimum Gasteiger partial charge on any atom is -0.346 e. The zero-order valence-electron chi connectivity index (χ0n) is 12.4. The number of H-pyrrole nitrogens is 1. The number of amides is 1. The third kappa shape index (κ3) is 4.56. The van der Waals surface area contributed by atoms with Crippen LogP contribution in [0.5, 0.6) is 0 Å². The molecule has 7 heteroatoms. The van der Waals surface area contributed by atoms with Crippen molar-refractivity contribution in [3.05, 3.63) is 35.2 Å². The van der Waals surface area contributed by atoms with E-state index < -0.39 is 0 Å². The molecule has 0 radical (unpaired) electrons. The van der Waals surface area contributed by atoms with Gasteiger partial charge in [0.2, 0.25) is 5.91 Å². The van der Waals surface area contributed by atoms with Gasteiger partial charge in [-0.15, -0.1) is 22.0 Å². The molecule has 21 heavy (non-hydrogen) atoms. The molecule has 2 N–H and O–H groups in total. The molecule has 0 saturated carbocycles. The Labute approximate surface area is 128 Å². The lowest BCUT2D eigenvalue weighted by Crippen LogP contribution is -2.27. The standard InChI is InChI=1S/C14H19N5OS/c1-9-4-5-12(8-10(9)2)21-7-6-13(20)15-11(3)14-16-18-19-17-14/h4-5,8,11H,6-7H2,1-3H3,(H,15,20)(H,16,17,18,19). The van der Waals surface area contributed by atoms with Gasteiger partial charge in [0.15, 0.2) is 5.82 Å². The molecule has 0 saturated heterocycles. The average molecular weight is 305 g/mol. The first-order valence-electron chi connectivity index (χ1n) is 6.79. The fourth-order valence-electron chi connectivity index (χ4n) is 1.80. The molecule has 1 heterocycles. The van der Waals surface area contributed by atoms with Gasteiger partial charge in [0.1, 0.15) is 0 Å². The van der Waals surface area contributed by atoms with Crippen LogP contribution in [-0.2, 0) is 4.79 Å². The van der Waals surface area contributed by atoms with E-state index in [9.17, 15) is 4.79 Å². The van der Waals surface area contributed by atoms with E-state index in [-0.39, 0.29) is 11.9 Å². The Morgan fingerprint density at radius 1 is 1.38 bits per heavy atom. The normalized spacial score (nSPS) is 12.1. The molecule has 1 unspecified atom stereocenters. The van der Waals surface area contributed by atoms with Gasteiger partial charge in [-0.3, -0.25) is 4.79 Å². The number of benzene rings is 1. The third-order valence-electron chi connectivity index (χ3n) is 3.20. The van der Waals surface area contributed by atoms with Gasteiger partial charge in [-0.05, 0) is 44.0 Å². The number of rotatable bonds is 6. The van der Waals surface area contributed by atoms with Crippen LogP contribution >= 0.6 is 11.8 Å². The topological polar surface area (TPSA) is 83.6 Å². The van der Waals surface area contributed by atoms with Crippen LogP contribution in [0.1, 0.15) is 36.3 Å². The highest BCUT2D eigenvalue weighted by Crippen LogP contribution is 2.21. The number of nitrogens with one attached hydrogen (secondary N) is 2. The summed E-state index contributed by atoms with van der Waals surface area (Å²) in [5.74, 6) is 1.22. The maximum Gasteiger partial charge on any atom is 0.221 e. The first-order valence-corrected chi connectivity index (χ1v) is 7.77. The van der Waals surface area contributed by atoms with Crippen molar-refractivity contribution < 1.29 is 4.79 Å². The zero-order chi connectivity index (χ0) is 15.2. The van der Waals surface area contributed by atoms with Crippen LogP contribution in [0.2, 0.25) is 0 Å². The molecule has 0 aliphatic rings. The molecule has 0 spiro atoms. The number of aromatic amines is 1. The quantitative estimate of drug-likeness (QED) is 0.799. The van der Waals surface area contributed by atoms with Gasteiger partial charge in [0.25, 0.3) is 0 Å². The van der Waals surface area contributed by atoms with Crippen LogP contribution in [0.25, 0.3) is 0 Å². The van der Waals surface area contributed by atoms with Gasteiger partial charge in [0, 0.05) is 17.1 Å². The molecule has 1 aromatic heterocycles. The second-order valence-corrected chi connectivity index (χ2v) is 6.07.